The van der Waals surface area contributed by atoms with Gasteiger partial charge >= 0.3 is 0 Å². The normalized spacial score (nSPS) is 11.4. The zero-order valence-electron chi connectivity index (χ0n) is 20.0. The summed E-state index contributed by atoms with van der Waals surface area (Å²) in [5, 5.41) is 5.31. The molecule has 4 rings (SSSR count). The lowest BCUT2D eigenvalue weighted by Gasteiger charge is -2.16. The highest BCUT2D eigenvalue weighted by Crippen LogP contribution is 2.42. The van der Waals surface area contributed by atoms with Crippen LogP contribution in [0, 0.1) is 6.92 Å². The van der Waals surface area contributed by atoms with Crippen molar-refractivity contribution in [2.45, 2.75) is 33.8 Å². The van der Waals surface area contributed by atoms with E-state index >= 15 is 0 Å². The molecular weight excluding hydrogens is 610 g/mol. The Balaban J connectivity index is 1.72. The molecule has 0 bridgehead atoms. The lowest BCUT2D eigenvalue weighted by atomic mass is 10.1. The molecule has 1 heterocycles. The van der Waals surface area contributed by atoms with Crippen LogP contribution in [0.1, 0.15) is 36.4 Å². The lowest BCUT2D eigenvalue weighted by molar-refractivity contribution is 0.269. The number of halogens is 3. The van der Waals surface area contributed by atoms with E-state index in [0.29, 0.717) is 62.9 Å². The fourth-order valence-electron chi connectivity index (χ4n) is 3.60. The number of rotatable bonds is 8. The molecule has 186 valence electrons. The van der Waals surface area contributed by atoms with E-state index in [9.17, 15) is 4.79 Å². The first-order chi connectivity index (χ1) is 17.3. The first-order valence-electron chi connectivity index (χ1n) is 11.4. The Morgan fingerprint density at radius 2 is 1.83 bits per heavy atom. The highest BCUT2D eigenvalue weighted by atomic mass is 79.9. The van der Waals surface area contributed by atoms with E-state index in [1.165, 1.54) is 10.2 Å². The predicted molar refractivity (Wildman–Crippen MR) is 152 cm³/mol. The van der Waals surface area contributed by atoms with Gasteiger partial charge in [-0.3, -0.25) is 4.79 Å². The maximum absolute atomic E-state index is 13.2. The molecule has 4 aromatic rings. The number of nitrogens with zero attached hydrogens (tertiary/aromatic N) is 3. The van der Waals surface area contributed by atoms with E-state index in [-0.39, 0.29) is 5.56 Å². The topological polar surface area (TPSA) is 65.7 Å². The van der Waals surface area contributed by atoms with Gasteiger partial charge in [-0.15, -0.1) is 0 Å². The van der Waals surface area contributed by atoms with Crippen molar-refractivity contribution in [2.75, 3.05) is 6.61 Å². The number of hydrogen-bond donors (Lipinski definition) is 0. The van der Waals surface area contributed by atoms with Crippen molar-refractivity contribution < 1.29 is 9.47 Å². The molecule has 0 radical (unpaired) electrons. The summed E-state index contributed by atoms with van der Waals surface area (Å²) in [7, 11) is 0. The zero-order valence-corrected chi connectivity index (χ0v) is 23.9. The molecule has 0 spiro atoms. The Bertz CT molecular complexity index is 1500. The quantitative estimate of drug-likeness (QED) is 0.191. The predicted octanol–water partition coefficient (Wildman–Crippen LogP) is 7.31. The van der Waals surface area contributed by atoms with E-state index in [1.54, 1.807) is 18.3 Å². The zero-order chi connectivity index (χ0) is 25.8. The van der Waals surface area contributed by atoms with Gasteiger partial charge in [0.15, 0.2) is 11.5 Å². The van der Waals surface area contributed by atoms with Gasteiger partial charge in [0.05, 0.1) is 23.7 Å². The second kappa shape index (κ2) is 11.6. The van der Waals surface area contributed by atoms with Crippen molar-refractivity contribution in [3.63, 3.8) is 0 Å². The molecule has 3 aromatic carbocycles. The van der Waals surface area contributed by atoms with Crippen LogP contribution < -0.4 is 15.0 Å². The van der Waals surface area contributed by atoms with E-state index in [1.807, 2.05) is 57.2 Å². The van der Waals surface area contributed by atoms with Crippen LogP contribution in [0.5, 0.6) is 11.5 Å². The average molecular weight is 634 g/mol. The molecule has 1 aromatic heterocycles. The van der Waals surface area contributed by atoms with Gasteiger partial charge in [-0.25, -0.2) is 4.98 Å². The summed E-state index contributed by atoms with van der Waals surface area (Å²) in [6.07, 6.45) is 2.10. The number of benzene rings is 3. The molecule has 0 fully saturated rings. The van der Waals surface area contributed by atoms with Crippen LogP contribution in [0.4, 0.5) is 0 Å². The molecule has 0 N–H and O–H groups in total. The Hall–Kier alpha value is -2.68. The summed E-state index contributed by atoms with van der Waals surface area (Å²) in [5.74, 6) is 1.48. The minimum atomic E-state index is -0.250. The first-order valence-corrected chi connectivity index (χ1v) is 13.4. The molecule has 0 aliphatic heterocycles. The molecule has 0 unspecified atom stereocenters. The second-order valence-corrected chi connectivity index (χ2v) is 10.1. The fraction of sp³-hybridized carbons (Fsp3) is 0.222. The van der Waals surface area contributed by atoms with Gasteiger partial charge in [-0.05, 0) is 59.6 Å². The van der Waals surface area contributed by atoms with E-state index in [2.05, 4.69) is 41.9 Å². The summed E-state index contributed by atoms with van der Waals surface area (Å²) in [6, 6.07) is 15.3. The molecule has 0 aliphatic rings. The third-order valence-electron chi connectivity index (χ3n) is 5.46. The van der Waals surface area contributed by atoms with Crippen molar-refractivity contribution in [1.82, 2.24) is 9.66 Å². The van der Waals surface area contributed by atoms with Crippen molar-refractivity contribution >= 4 is 60.6 Å². The Morgan fingerprint density at radius 1 is 1.08 bits per heavy atom. The lowest BCUT2D eigenvalue weighted by Crippen LogP contribution is -2.22. The summed E-state index contributed by atoms with van der Waals surface area (Å²) in [5.41, 5.74) is 3.21. The van der Waals surface area contributed by atoms with E-state index in [0.717, 1.165) is 10.0 Å². The molecule has 0 amide bonds. The van der Waals surface area contributed by atoms with Gasteiger partial charge in [-0.2, -0.15) is 9.78 Å². The van der Waals surface area contributed by atoms with Crippen LogP contribution in [-0.4, -0.2) is 22.5 Å². The second-order valence-electron chi connectivity index (χ2n) is 8.03. The standard InChI is InChI=1S/C27H24Br2ClN3O3/c1-4-23-32-21-11-10-19(28)13-20(21)27(34)33(23)31-14-18-12-22(35-5-2)26(25(30)24(18)29)36-15-17-8-6-16(3)7-9-17/h6-14H,4-5,15H2,1-3H3. The molecule has 0 saturated carbocycles. The average Bonchev–Trinajstić information content (AvgIpc) is 2.87. The molecule has 0 aliphatic carbocycles. The smallest absolute Gasteiger partial charge is 0.282 e. The van der Waals surface area contributed by atoms with Crippen LogP contribution in [-0.2, 0) is 13.0 Å². The molecule has 0 atom stereocenters. The molecule has 9 heteroatoms. The van der Waals surface area contributed by atoms with Crippen molar-refractivity contribution in [1.29, 1.82) is 0 Å². The number of fused-ring (bicyclic) bond motifs is 1. The minimum absolute atomic E-state index is 0.250. The Kier molecular flexibility index (Phi) is 8.49. The van der Waals surface area contributed by atoms with Crippen molar-refractivity contribution in [3.05, 3.63) is 95.4 Å². The van der Waals surface area contributed by atoms with Gasteiger partial charge in [-0.1, -0.05) is 64.3 Å². The van der Waals surface area contributed by atoms with E-state index < -0.39 is 0 Å². The monoisotopic (exact) mass is 631 g/mol. The largest absolute Gasteiger partial charge is 0.490 e. The van der Waals surface area contributed by atoms with Gasteiger partial charge in [0, 0.05) is 20.9 Å². The maximum Gasteiger partial charge on any atom is 0.282 e. The molecular formula is C27H24Br2ClN3O3. The summed E-state index contributed by atoms with van der Waals surface area (Å²) < 4.78 is 14.6. The third kappa shape index (κ3) is 5.66. The highest BCUT2D eigenvalue weighted by Gasteiger charge is 2.18. The number of hydrogen-bond acceptors (Lipinski definition) is 5. The fourth-order valence-corrected chi connectivity index (χ4v) is 4.61. The van der Waals surface area contributed by atoms with Gasteiger partial charge in [0.25, 0.3) is 5.56 Å². The Morgan fingerprint density at radius 3 is 2.53 bits per heavy atom. The first kappa shape index (κ1) is 26.4. The highest BCUT2D eigenvalue weighted by molar-refractivity contribution is 9.10. The molecule has 6 nitrogen and oxygen atoms in total. The van der Waals surface area contributed by atoms with Gasteiger partial charge < -0.3 is 9.47 Å². The van der Waals surface area contributed by atoms with Crippen LogP contribution in [0.2, 0.25) is 5.02 Å². The van der Waals surface area contributed by atoms with Crippen LogP contribution in [0.15, 0.2) is 67.4 Å². The van der Waals surface area contributed by atoms with E-state index in [4.69, 9.17) is 21.1 Å². The molecule has 36 heavy (non-hydrogen) atoms. The van der Waals surface area contributed by atoms with Crippen LogP contribution in [0.25, 0.3) is 10.9 Å². The number of aryl methyl sites for hydroxylation is 2. The summed E-state index contributed by atoms with van der Waals surface area (Å²) in [4.78, 5) is 17.8. The SMILES string of the molecule is CCOc1cc(C=Nn2c(CC)nc3ccc(Br)cc3c2=O)c(Br)c(Cl)c1OCc1ccc(C)cc1. The van der Waals surface area contributed by atoms with Crippen molar-refractivity contribution in [2.24, 2.45) is 5.10 Å². The number of aromatic nitrogens is 2. The maximum atomic E-state index is 13.2. The summed E-state index contributed by atoms with van der Waals surface area (Å²) >= 11 is 13.7. The van der Waals surface area contributed by atoms with Crippen LogP contribution >= 0.6 is 43.5 Å². The van der Waals surface area contributed by atoms with Crippen LogP contribution in [0.3, 0.4) is 0 Å². The Labute approximate surface area is 231 Å². The summed E-state index contributed by atoms with van der Waals surface area (Å²) in [6.45, 7) is 6.63. The minimum Gasteiger partial charge on any atom is -0.490 e. The third-order valence-corrected chi connectivity index (χ3v) is 7.40. The van der Waals surface area contributed by atoms with Gasteiger partial charge in [0.2, 0.25) is 0 Å². The van der Waals surface area contributed by atoms with Crippen molar-refractivity contribution in [3.8, 4) is 11.5 Å². The molecule has 0 saturated heterocycles. The number of ether oxygens (including phenoxy) is 2. The van der Waals surface area contributed by atoms with Gasteiger partial charge in [0.1, 0.15) is 17.5 Å².